The lowest BCUT2D eigenvalue weighted by molar-refractivity contribution is 0.0692. The molecule has 0 spiro atoms. The van der Waals surface area contributed by atoms with E-state index in [1.807, 2.05) is 12.1 Å². The number of hydrogen-bond acceptors (Lipinski definition) is 5. The first-order valence-corrected chi connectivity index (χ1v) is 6.39. The van der Waals surface area contributed by atoms with Crippen LogP contribution in [0.15, 0.2) is 17.6 Å². The average Bonchev–Trinajstić information content (AvgIpc) is 2.83. The van der Waals surface area contributed by atoms with E-state index < -0.39 is 5.97 Å². The Labute approximate surface area is 105 Å². The zero-order chi connectivity index (χ0) is 11.5. The van der Waals surface area contributed by atoms with Gasteiger partial charge in [0, 0.05) is 4.88 Å². The maximum absolute atomic E-state index is 10.8. The summed E-state index contributed by atoms with van der Waals surface area (Å²) in [5.41, 5.74) is 1.57. The van der Waals surface area contributed by atoms with Crippen LogP contribution in [-0.2, 0) is 6.54 Å². The Kier molecular flexibility index (Phi) is 3.42. The predicted octanol–water partition coefficient (Wildman–Crippen LogP) is 3.17. The number of carbonyl (C=O) groups is 1. The molecule has 2 aromatic heterocycles. The summed E-state index contributed by atoms with van der Waals surface area (Å²) < 4.78 is 0.722. The van der Waals surface area contributed by atoms with Gasteiger partial charge < -0.3 is 10.4 Å². The van der Waals surface area contributed by atoms with Gasteiger partial charge in [-0.25, -0.2) is 9.78 Å². The van der Waals surface area contributed by atoms with Gasteiger partial charge in [-0.05, 0) is 12.1 Å². The molecule has 0 saturated carbocycles. The highest BCUT2D eigenvalue weighted by Crippen LogP contribution is 2.25. The van der Waals surface area contributed by atoms with Crippen molar-refractivity contribution < 1.29 is 9.90 Å². The van der Waals surface area contributed by atoms with Crippen molar-refractivity contribution in [2.24, 2.45) is 0 Å². The number of nitrogens with zero attached hydrogens (tertiary/aromatic N) is 1. The molecule has 0 aliphatic heterocycles. The fourth-order valence-corrected chi connectivity index (χ4v) is 2.84. The van der Waals surface area contributed by atoms with Crippen molar-refractivity contribution >= 4 is 45.2 Å². The number of aromatic nitrogens is 1. The third-order valence-corrected chi connectivity index (χ3v) is 3.84. The smallest absolute Gasteiger partial charge is 0.357 e. The minimum absolute atomic E-state index is 0.0626. The molecule has 2 aromatic rings. The van der Waals surface area contributed by atoms with E-state index in [9.17, 15) is 4.79 Å². The number of carboxylic acid groups (broad SMARTS) is 1. The molecule has 0 bridgehead atoms. The van der Waals surface area contributed by atoms with E-state index in [0.29, 0.717) is 11.5 Å². The number of aromatic carboxylic acids is 1. The summed E-state index contributed by atoms with van der Waals surface area (Å²) >= 11 is 8.53. The highest BCUT2D eigenvalue weighted by Gasteiger charge is 2.13. The minimum atomic E-state index is -1.02. The second-order valence-corrected chi connectivity index (χ2v) is 5.55. The standard InChI is InChI=1S/C9H7ClN2O2S2/c10-6-2-1-5(16-6)3-11-8-7(9(13)14)12-4-15-8/h1-2,4,11H,3H2,(H,13,14). The first kappa shape index (κ1) is 11.4. The Hall–Kier alpha value is -1.11. The van der Waals surface area contributed by atoms with Crippen molar-refractivity contribution in [1.82, 2.24) is 4.98 Å². The number of thiophene rings is 1. The van der Waals surface area contributed by atoms with Gasteiger partial charge in [-0.3, -0.25) is 0 Å². The lowest BCUT2D eigenvalue weighted by Crippen LogP contribution is -2.03. The molecule has 2 N–H and O–H groups in total. The van der Waals surface area contributed by atoms with Crippen molar-refractivity contribution in [3.05, 3.63) is 32.6 Å². The van der Waals surface area contributed by atoms with Crippen LogP contribution in [0.4, 0.5) is 5.00 Å². The van der Waals surface area contributed by atoms with Gasteiger partial charge in [-0.1, -0.05) is 11.6 Å². The number of halogens is 1. The van der Waals surface area contributed by atoms with Crippen molar-refractivity contribution in [3.63, 3.8) is 0 Å². The van der Waals surface area contributed by atoms with E-state index in [1.54, 1.807) is 0 Å². The van der Waals surface area contributed by atoms with Crippen molar-refractivity contribution in [2.45, 2.75) is 6.54 Å². The summed E-state index contributed by atoms with van der Waals surface area (Å²) in [6, 6.07) is 3.72. The van der Waals surface area contributed by atoms with Gasteiger partial charge in [0.2, 0.25) is 0 Å². The van der Waals surface area contributed by atoms with Crippen LogP contribution in [0.2, 0.25) is 4.34 Å². The molecule has 0 aliphatic carbocycles. The van der Waals surface area contributed by atoms with Crippen molar-refractivity contribution in [1.29, 1.82) is 0 Å². The lowest BCUT2D eigenvalue weighted by atomic mass is 10.4. The molecule has 2 heterocycles. The molecule has 0 amide bonds. The van der Waals surface area contributed by atoms with E-state index in [2.05, 4.69) is 10.3 Å². The van der Waals surface area contributed by atoms with Gasteiger partial charge in [0.25, 0.3) is 0 Å². The molecule has 0 unspecified atom stereocenters. The van der Waals surface area contributed by atoms with E-state index in [-0.39, 0.29) is 5.69 Å². The Morgan fingerprint density at radius 2 is 2.38 bits per heavy atom. The van der Waals surface area contributed by atoms with Crippen LogP contribution in [-0.4, -0.2) is 16.1 Å². The molecular weight excluding hydrogens is 268 g/mol. The third kappa shape index (κ3) is 2.52. The molecule has 7 heteroatoms. The third-order valence-electron chi connectivity index (χ3n) is 1.82. The minimum Gasteiger partial charge on any atom is -0.476 e. The number of thiazole rings is 1. The number of rotatable bonds is 4. The van der Waals surface area contributed by atoms with Crippen molar-refractivity contribution in [3.8, 4) is 0 Å². The number of carboxylic acids is 1. The van der Waals surface area contributed by atoms with Crippen LogP contribution < -0.4 is 5.32 Å². The zero-order valence-electron chi connectivity index (χ0n) is 7.94. The van der Waals surface area contributed by atoms with Gasteiger partial charge in [0.1, 0.15) is 5.00 Å². The van der Waals surface area contributed by atoms with Gasteiger partial charge in [0.05, 0.1) is 16.4 Å². The summed E-state index contributed by atoms with van der Waals surface area (Å²) in [6.07, 6.45) is 0. The molecule has 84 valence electrons. The molecule has 4 nitrogen and oxygen atoms in total. The molecule has 2 rings (SSSR count). The SMILES string of the molecule is O=C(O)c1ncsc1NCc1ccc(Cl)s1. The molecule has 16 heavy (non-hydrogen) atoms. The summed E-state index contributed by atoms with van der Waals surface area (Å²) in [5, 5.41) is 12.4. The second-order valence-electron chi connectivity index (χ2n) is 2.89. The second kappa shape index (κ2) is 4.82. The summed E-state index contributed by atoms with van der Waals surface area (Å²) in [6.45, 7) is 0.555. The highest BCUT2D eigenvalue weighted by molar-refractivity contribution is 7.16. The van der Waals surface area contributed by atoms with Crippen LogP contribution in [0.5, 0.6) is 0 Å². The Bertz CT molecular complexity index is 509. The topological polar surface area (TPSA) is 62.2 Å². The Balaban J connectivity index is 2.04. The fourth-order valence-electron chi connectivity index (χ4n) is 1.14. The van der Waals surface area contributed by atoms with Gasteiger partial charge in [-0.15, -0.1) is 22.7 Å². The summed E-state index contributed by atoms with van der Waals surface area (Å²) in [4.78, 5) is 15.6. The monoisotopic (exact) mass is 274 g/mol. The quantitative estimate of drug-likeness (QED) is 0.899. The number of hydrogen-bond donors (Lipinski definition) is 2. The van der Waals surface area contributed by atoms with Crippen LogP contribution >= 0.6 is 34.3 Å². The Morgan fingerprint density at radius 3 is 3.00 bits per heavy atom. The molecule has 0 saturated heterocycles. The molecule has 0 fully saturated rings. The summed E-state index contributed by atoms with van der Waals surface area (Å²) in [5.74, 6) is -1.02. The maximum atomic E-state index is 10.8. The highest BCUT2D eigenvalue weighted by atomic mass is 35.5. The first-order chi connectivity index (χ1) is 7.66. The average molecular weight is 275 g/mol. The molecule has 0 aliphatic rings. The zero-order valence-corrected chi connectivity index (χ0v) is 10.3. The number of nitrogens with one attached hydrogen (secondary N) is 1. The predicted molar refractivity (Wildman–Crippen MR) is 65.7 cm³/mol. The van der Waals surface area contributed by atoms with Gasteiger partial charge >= 0.3 is 5.97 Å². The van der Waals surface area contributed by atoms with Crippen LogP contribution in [0, 0.1) is 0 Å². The van der Waals surface area contributed by atoms with Gasteiger partial charge in [-0.2, -0.15) is 0 Å². The largest absolute Gasteiger partial charge is 0.476 e. The van der Waals surface area contributed by atoms with Crippen LogP contribution in [0.25, 0.3) is 0 Å². The molecule has 0 atom stereocenters. The van der Waals surface area contributed by atoms with Crippen molar-refractivity contribution in [2.75, 3.05) is 5.32 Å². The first-order valence-electron chi connectivity index (χ1n) is 4.31. The maximum Gasteiger partial charge on any atom is 0.357 e. The van der Waals surface area contributed by atoms with E-state index in [4.69, 9.17) is 16.7 Å². The lowest BCUT2D eigenvalue weighted by Gasteiger charge is -2.01. The molecule has 0 radical (unpaired) electrons. The number of anilines is 1. The summed E-state index contributed by atoms with van der Waals surface area (Å²) in [7, 11) is 0. The molecular formula is C9H7ClN2O2S2. The van der Waals surface area contributed by atoms with Crippen LogP contribution in [0.3, 0.4) is 0 Å². The normalized spacial score (nSPS) is 10.3. The van der Waals surface area contributed by atoms with Crippen LogP contribution in [0.1, 0.15) is 15.4 Å². The van der Waals surface area contributed by atoms with E-state index in [0.717, 1.165) is 9.21 Å². The molecule has 0 aromatic carbocycles. The Morgan fingerprint density at radius 1 is 1.56 bits per heavy atom. The van der Waals surface area contributed by atoms with E-state index >= 15 is 0 Å². The van der Waals surface area contributed by atoms with E-state index in [1.165, 1.54) is 28.2 Å². The van der Waals surface area contributed by atoms with Gasteiger partial charge in [0.15, 0.2) is 5.69 Å². The fraction of sp³-hybridized carbons (Fsp3) is 0.111.